The van der Waals surface area contributed by atoms with Crippen LogP contribution in [0.2, 0.25) is 0 Å². The van der Waals surface area contributed by atoms with E-state index in [-0.39, 0.29) is 0 Å². The molecule has 4 nitrogen and oxygen atoms in total. The molecule has 0 aliphatic heterocycles. The number of carbonyl (C=O) groups is 1. The molecule has 0 fully saturated rings. The van der Waals surface area contributed by atoms with E-state index in [2.05, 4.69) is 25.6 Å². The van der Waals surface area contributed by atoms with Gasteiger partial charge in [0.1, 0.15) is 0 Å². The van der Waals surface area contributed by atoms with Crippen LogP contribution in [0, 0.1) is 11.3 Å². The summed E-state index contributed by atoms with van der Waals surface area (Å²) in [5, 5.41) is 15.4. The Morgan fingerprint density at radius 1 is 1.80 bits per heavy atom. The molecular weight excluding hydrogens is 172 g/mol. The standard InChI is InChI=1S/C3H5N.CH3NO2S2/c1-2-3-4;3-1(4)2(5)6/h2H2,1H3;5-6H,(H,3,4). The Labute approximate surface area is 70.5 Å². The van der Waals surface area contributed by atoms with Crippen LogP contribution < -0.4 is 0 Å². The zero-order valence-corrected chi connectivity index (χ0v) is 7.14. The number of amides is 1. The molecule has 0 aromatic carbocycles. The highest BCUT2D eigenvalue weighted by molar-refractivity contribution is 7.94. The molecule has 0 aliphatic carbocycles. The molecule has 1 amide bonds. The Morgan fingerprint density at radius 2 is 2.00 bits per heavy atom. The zero-order valence-electron chi connectivity index (χ0n) is 5.35. The van der Waals surface area contributed by atoms with Crippen LogP contribution in [0.1, 0.15) is 13.3 Å². The first-order valence-corrected chi connectivity index (χ1v) is 3.14. The van der Waals surface area contributed by atoms with Crippen LogP contribution in [0.5, 0.6) is 0 Å². The molecule has 0 saturated carbocycles. The van der Waals surface area contributed by atoms with Crippen molar-refractivity contribution in [1.82, 2.24) is 3.71 Å². The van der Waals surface area contributed by atoms with E-state index in [0.29, 0.717) is 10.1 Å². The van der Waals surface area contributed by atoms with Crippen molar-refractivity contribution in [3.05, 3.63) is 0 Å². The first-order chi connectivity index (χ1) is 4.56. The average molecular weight is 180 g/mol. The molecule has 6 heteroatoms. The van der Waals surface area contributed by atoms with Crippen LogP contribution in [0.4, 0.5) is 4.79 Å². The summed E-state index contributed by atoms with van der Waals surface area (Å²) in [6, 6.07) is 1.93. The molecule has 0 aromatic heterocycles. The summed E-state index contributed by atoms with van der Waals surface area (Å²) in [5.41, 5.74) is 0. The molecule has 0 heterocycles. The van der Waals surface area contributed by atoms with Gasteiger partial charge in [-0.05, 0) is 25.6 Å². The molecule has 0 atom stereocenters. The maximum absolute atomic E-state index is 9.47. The van der Waals surface area contributed by atoms with Gasteiger partial charge in [-0.15, -0.1) is 0 Å². The van der Waals surface area contributed by atoms with Gasteiger partial charge in [0.2, 0.25) is 0 Å². The largest absolute Gasteiger partial charge is 0.464 e. The third kappa shape index (κ3) is 15.7. The van der Waals surface area contributed by atoms with E-state index in [1.807, 2.05) is 13.0 Å². The highest BCUT2D eigenvalue weighted by atomic mass is 32.2. The molecule has 0 saturated heterocycles. The Hall–Kier alpha value is -0.540. The van der Waals surface area contributed by atoms with Gasteiger partial charge in [-0.3, -0.25) is 0 Å². The highest BCUT2D eigenvalue weighted by Crippen LogP contribution is 1.94. The number of nitrogens with zero attached hydrogens (tertiary/aromatic N) is 2. The minimum absolute atomic E-state index is 0.472. The van der Waals surface area contributed by atoms with E-state index in [4.69, 9.17) is 10.4 Å². The smallest absolute Gasteiger partial charge is 0.427 e. The fourth-order valence-corrected chi connectivity index (χ4v) is 0. The predicted octanol–water partition coefficient (Wildman–Crippen LogP) is 1.58. The molecule has 1 N–H and O–H groups in total. The van der Waals surface area contributed by atoms with E-state index < -0.39 is 6.09 Å². The van der Waals surface area contributed by atoms with Gasteiger partial charge >= 0.3 is 6.09 Å². The van der Waals surface area contributed by atoms with E-state index in [1.165, 1.54) is 0 Å². The van der Waals surface area contributed by atoms with Gasteiger partial charge in [0.15, 0.2) is 0 Å². The van der Waals surface area contributed by atoms with E-state index in [1.54, 1.807) is 0 Å². The molecule has 0 aromatic rings. The summed E-state index contributed by atoms with van der Waals surface area (Å²) in [6.45, 7) is 1.82. The monoisotopic (exact) mass is 180 g/mol. The van der Waals surface area contributed by atoms with Crippen molar-refractivity contribution in [1.29, 1.82) is 5.26 Å². The molecular formula is C4H8N2O2S2. The third-order valence-corrected chi connectivity index (χ3v) is 0.671. The summed E-state index contributed by atoms with van der Waals surface area (Å²) < 4.78 is 0.472. The second kappa shape index (κ2) is 8.46. The topological polar surface area (TPSA) is 64.3 Å². The van der Waals surface area contributed by atoms with Gasteiger partial charge in [-0.2, -0.15) is 8.97 Å². The first kappa shape index (κ1) is 12.2. The predicted molar refractivity (Wildman–Crippen MR) is 43.7 cm³/mol. The molecule has 0 bridgehead atoms. The third-order valence-electron chi connectivity index (χ3n) is 0.329. The molecule has 0 unspecified atom stereocenters. The van der Waals surface area contributed by atoms with E-state index >= 15 is 0 Å². The van der Waals surface area contributed by atoms with Gasteiger partial charge < -0.3 is 5.11 Å². The van der Waals surface area contributed by atoms with Crippen LogP contribution in [0.15, 0.2) is 0 Å². The molecule has 58 valence electrons. The SMILES string of the molecule is CCC#N.O=C(O)N(S)S. The summed E-state index contributed by atoms with van der Waals surface area (Å²) in [5.74, 6) is 0. The lowest BCUT2D eigenvalue weighted by Gasteiger charge is -1.95. The second-order valence-corrected chi connectivity index (χ2v) is 2.20. The Kier molecular flexibility index (Phi) is 10.3. The van der Waals surface area contributed by atoms with Crippen molar-refractivity contribution in [3.8, 4) is 6.07 Å². The molecule has 0 aliphatic rings. The fraction of sp³-hybridized carbons (Fsp3) is 0.500. The number of carboxylic acid groups (broad SMARTS) is 1. The number of rotatable bonds is 0. The van der Waals surface area contributed by atoms with Crippen molar-refractivity contribution >= 4 is 31.7 Å². The first-order valence-electron chi connectivity index (χ1n) is 2.34. The highest BCUT2D eigenvalue weighted by Gasteiger charge is 1.95. The van der Waals surface area contributed by atoms with Gasteiger partial charge in [0.25, 0.3) is 0 Å². The minimum Gasteiger partial charge on any atom is -0.464 e. The summed E-state index contributed by atoms with van der Waals surface area (Å²) >= 11 is 6.58. The van der Waals surface area contributed by atoms with Crippen LogP contribution in [0.25, 0.3) is 0 Å². The number of hydrogen-bond acceptors (Lipinski definition) is 4. The Balaban J connectivity index is 0. The van der Waals surface area contributed by atoms with E-state index in [9.17, 15) is 4.79 Å². The average Bonchev–Trinajstić information content (AvgIpc) is 1.89. The molecule has 10 heavy (non-hydrogen) atoms. The van der Waals surface area contributed by atoms with Gasteiger partial charge in [-0.1, -0.05) is 6.92 Å². The van der Waals surface area contributed by atoms with Crippen LogP contribution in [-0.4, -0.2) is 14.9 Å². The maximum atomic E-state index is 9.47. The minimum atomic E-state index is -1.18. The number of thiol groups is 2. The second-order valence-electron chi connectivity index (χ2n) is 1.08. The Bertz CT molecular complexity index is 132. The van der Waals surface area contributed by atoms with Gasteiger partial charge in [0, 0.05) is 6.42 Å². The summed E-state index contributed by atoms with van der Waals surface area (Å²) in [7, 11) is 0. The quantitative estimate of drug-likeness (QED) is 0.496. The normalized spacial score (nSPS) is 6.60. The maximum Gasteiger partial charge on any atom is 0.427 e. The zero-order chi connectivity index (χ0) is 8.57. The van der Waals surface area contributed by atoms with Crippen molar-refractivity contribution in [2.24, 2.45) is 0 Å². The van der Waals surface area contributed by atoms with Crippen molar-refractivity contribution in [2.45, 2.75) is 13.3 Å². The van der Waals surface area contributed by atoms with Crippen molar-refractivity contribution < 1.29 is 9.90 Å². The lowest BCUT2D eigenvalue weighted by Crippen LogP contribution is -2.05. The Morgan fingerprint density at radius 3 is 2.00 bits per heavy atom. The van der Waals surface area contributed by atoms with Gasteiger partial charge in [0.05, 0.1) is 6.07 Å². The van der Waals surface area contributed by atoms with E-state index in [0.717, 1.165) is 0 Å². The fourth-order valence-electron chi connectivity index (χ4n) is 0. The number of hydrogen-bond donors (Lipinski definition) is 3. The van der Waals surface area contributed by atoms with Gasteiger partial charge in [-0.25, -0.2) is 4.79 Å². The summed E-state index contributed by atoms with van der Waals surface area (Å²) in [4.78, 5) is 9.47. The van der Waals surface area contributed by atoms with Crippen molar-refractivity contribution in [2.75, 3.05) is 0 Å². The number of nitriles is 1. The molecule has 0 rings (SSSR count). The summed E-state index contributed by atoms with van der Waals surface area (Å²) in [6.07, 6.45) is -0.554. The lowest BCUT2D eigenvalue weighted by molar-refractivity contribution is 0.191. The lowest BCUT2D eigenvalue weighted by atomic mass is 10.6. The van der Waals surface area contributed by atoms with Crippen LogP contribution >= 0.6 is 25.6 Å². The molecule has 0 spiro atoms. The van der Waals surface area contributed by atoms with Crippen LogP contribution in [-0.2, 0) is 0 Å². The van der Waals surface area contributed by atoms with Crippen molar-refractivity contribution in [3.63, 3.8) is 0 Å². The molecule has 0 radical (unpaired) electrons. The van der Waals surface area contributed by atoms with Crippen LogP contribution in [0.3, 0.4) is 0 Å².